The average Bonchev–Trinajstić information content (AvgIpc) is 3.05. The second kappa shape index (κ2) is 6.53. The van der Waals surface area contributed by atoms with Crippen LogP contribution in [-0.4, -0.2) is 38.3 Å². The smallest absolute Gasteiger partial charge is 0.314 e. The molecule has 0 aliphatic rings. The molecule has 2 rings (SSSR count). The first-order valence-electron chi connectivity index (χ1n) is 6.55. The summed E-state index contributed by atoms with van der Waals surface area (Å²) >= 11 is 0. The van der Waals surface area contributed by atoms with Crippen molar-refractivity contribution in [2.45, 2.75) is 20.4 Å². The van der Waals surface area contributed by atoms with Crippen LogP contribution < -0.4 is 10.6 Å². The van der Waals surface area contributed by atoms with Gasteiger partial charge in [-0.25, -0.2) is 0 Å². The van der Waals surface area contributed by atoms with Crippen molar-refractivity contribution in [3.05, 3.63) is 29.2 Å². The number of nitriles is 1. The maximum atomic E-state index is 11.7. The highest BCUT2D eigenvalue weighted by molar-refractivity contribution is 6.39. The largest absolute Gasteiger partial charge is 0.346 e. The summed E-state index contributed by atoms with van der Waals surface area (Å²) in [6.45, 7) is 4.53. The van der Waals surface area contributed by atoms with E-state index in [2.05, 4.69) is 25.9 Å². The first kappa shape index (κ1) is 15.2. The number of nitrogens with zero attached hydrogens (tertiary/aromatic N) is 4. The van der Waals surface area contributed by atoms with Gasteiger partial charge >= 0.3 is 11.8 Å². The summed E-state index contributed by atoms with van der Waals surface area (Å²) in [5.74, 6) is -1.56. The molecule has 0 saturated carbocycles. The third-order valence-electron chi connectivity index (χ3n) is 2.92. The molecule has 0 saturated heterocycles. The fourth-order valence-corrected chi connectivity index (χ4v) is 1.89. The maximum absolute atomic E-state index is 11.7. The predicted molar refractivity (Wildman–Crippen MR) is 76.6 cm³/mol. The number of carbonyl (C=O) groups excluding carboxylic acids is 2. The van der Waals surface area contributed by atoms with E-state index in [1.807, 2.05) is 26.0 Å². The number of aryl methyl sites for hydroxylation is 2. The summed E-state index contributed by atoms with van der Waals surface area (Å²) in [6, 6.07) is 3.77. The fraction of sp³-hybridized carbons (Fsp3) is 0.308. The summed E-state index contributed by atoms with van der Waals surface area (Å²) in [7, 11) is 0. The Morgan fingerprint density at radius 1 is 1.41 bits per heavy atom. The van der Waals surface area contributed by atoms with Gasteiger partial charge in [0.15, 0.2) is 0 Å². The first-order chi connectivity index (χ1) is 10.5. The zero-order chi connectivity index (χ0) is 16.1. The minimum Gasteiger partial charge on any atom is -0.346 e. The quantitative estimate of drug-likeness (QED) is 0.676. The Labute approximate surface area is 126 Å². The first-order valence-corrected chi connectivity index (χ1v) is 6.55. The molecule has 2 aromatic rings. The monoisotopic (exact) mass is 301 g/mol. The van der Waals surface area contributed by atoms with Crippen molar-refractivity contribution in [1.82, 2.24) is 25.3 Å². The van der Waals surface area contributed by atoms with Gasteiger partial charge in [0.25, 0.3) is 0 Å². The molecule has 0 aromatic carbocycles. The molecule has 2 aromatic heterocycles. The topological polar surface area (TPSA) is 128 Å². The molecule has 22 heavy (non-hydrogen) atoms. The minimum absolute atomic E-state index is 0.0983. The molecule has 0 aliphatic carbocycles. The van der Waals surface area contributed by atoms with Gasteiger partial charge in [0.1, 0.15) is 17.5 Å². The highest BCUT2D eigenvalue weighted by Gasteiger charge is 2.16. The van der Waals surface area contributed by atoms with Crippen LogP contribution in [0.2, 0.25) is 0 Å². The normalized spacial score (nSPS) is 10.0. The van der Waals surface area contributed by atoms with E-state index in [1.165, 1.54) is 6.20 Å². The molecule has 114 valence electrons. The summed E-state index contributed by atoms with van der Waals surface area (Å²) in [5, 5.41) is 23.9. The lowest BCUT2D eigenvalue weighted by molar-refractivity contribution is -0.136. The maximum Gasteiger partial charge on any atom is 0.314 e. The van der Waals surface area contributed by atoms with E-state index in [4.69, 9.17) is 5.26 Å². The van der Waals surface area contributed by atoms with Gasteiger partial charge in [-0.05, 0) is 19.9 Å². The summed E-state index contributed by atoms with van der Waals surface area (Å²) in [5.41, 5.74) is 2.03. The third kappa shape index (κ3) is 3.49. The molecule has 0 aliphatic heterocycles. The third-order valence-corrected chi connectivity index (χ3v) is 2.92. The zero-order valence-corrected chi connectivity index (χ0v) is 12.2. The molecular weight excluding hydrogens is 286 g/mol. The fourth-order valence-electron chi connectivity index (χ4n) is 1.89. The van der Waals surface area contributed by atoms with Crippen LogP contribution in [0.25, 0.3) is 0 Å². The predicted octanol–water partition coefficient (Wildman–Crippen LogP) is -0.150. The molecular formula is C13H15N7O2. The van der Waals surface area contributed by atoms with Crippen LogP contribution in [0, 0.1) is 25.2 Å². The molecule has 0 spiro atoms. The number of hydrogen-bond acceptors (Lipinski definition) is 5. The van der Waals surface area contributed by atoms with Crippen LogP contribution in [-0.2, 0) is 16.1 Å². The highest BCUT2D eigenvalue weighted by atomic mass is 16.2. The number of anilines is 1. The molecule has 0 unspecified atom stereocenters. The molecule has 9 nitrogen and oxygen atoms in total. The van der Waals surface area contributed by atoms with Crippen molar-refractivity contribution >= 4 is 17.6 Å². The number of carbonyl (C=O) groups is 2. The van der Waals surface area contributed by atoms with Crippen molar-refractivity contribution in [1.29, 1.82) is 5.26 Å². The number of nitrogens with one attached hydrogen (secondary N) is 3. The standard InChI is InChI=1S/C13H15N7O2/c1-8-5-9(2)20(19-8)4-3-15-12(21)13(22)17-11-10(6-14)7-16-18-11/h5,7H,3-4H2,1-2H3,(H,15,21)(H2,16,17,18,22). The van der Waals surface area contributed by atoms with Gasteiger partial charge in [-0.3, -0.25) is 19.4 Å². The van der Waals surface area contributed by atoms with Crippen LogP contribution >= 0.6 is 0 Å². The van der Waals surface area contributed by atoms with Gasteiger partial charge in [-0.1, -0.05) is 0 Å². The van der Waals surface area contributed by atoms with E-state index in [9.17, 15) is 9.59 Å². The summed E-state index contributed by atoms with van der Waals surface area (Å²) in [6.07, 6.45) is 1.26. The number of hydrogen-bond donors (Lipinski definition) is 3. The van der Waals surface area contributed by atoms with Gasteiger partial charge in [0, 0.05) is 12.2 Å². The van der Waals surface area contributed by atoms with Crippen molar-refractivity contribution < 1.29 is 9.59 Å². The summed E-state index contributed by atoms with van der Waals surface area (Å²) < 4.78 is 1.75. The molecule has 2 heterocycles. The molecule has 0 fully saturated rings. The Morgan fingerprint density at radius 2 is 2.18 bits per heavy atom. The van der Waals surface area contributed by atoms with Gasteiger partial charge in [0.05, 0.1) is 18.4 Å². The molecule has 9 heteroatoms. The van der Waals surface area contributed by atoms with E-state index in [0.717, 1.165) is 11.4 Å². The van der Waals surface area contributed by atoms with Crippen LogP contribution in [0.3, 0.4) is 0 Å². The highest BCUT2D eigenvalue weighted by Crippen LogP contribution is 2.08. The number of rotatable bonds is 4. The molecule has 3 N–H and O–H groups in total. The van der Waals surface area contributed by atoms with E-state index >= 15 is 0 Å². The number of aromatic nitrogens is 4. The van der Waals surface area contributed by atoms with Crippen molar-refractivity contribution in [2.24, 2.45) is 0 Å². The van der Waals surface area contributed by atoms with Gasteiger partial charge in [-0.15, -0.1) is 0 Å². The lowest BCUT2D eigenvalue weighted by Gasteiger charge is -2.07. The van der Waals surface area contributed by atoms with Gasteiger partial charge < -0.3 is 10.6 Å². The van der Waals surface area contributed by atoms with E-state index in [1.54, 1.807) is 4.68 Å². The molecule has 0 bridgehead atoms. The van der Waals surface area contributed by atoms with E-state index < -0.39 is 11.8 Å². The number of amides is 2. The molecule has 2 amide bonds. The second-order valence-electron chi connectivity index (χ2n) is 4.63. The Bertz CT molecular complexity index is 738. The Morgan fingerprint density at radius 3 is 2.82 bits per heavy atom. The number of H-pyrrole nitrogens is 1. The Balaban J connectivity index is 1.83. The minimum atomic E-state index is -0.867. The van der Waals surface area contributed by atoms with Crippen molar-refractivity contribution in [2.75, 3.05) is 11.9 Å². The Kier molecular flexibility index (Phi) is 4.53. The Hall–Kier alpha value is -3.15. The van der Waals surface area contributed by atoms with E-state index in [0.29, 0.717) is 6.54 Å². The molecule has 0 radical (unpaired) electrons. The molecule has 0 atom stereocenters. The van der Waals surface area contributed by atoms with Crippen LogP contribution in [0.15, 0.2) is 12.3 Å². The van der Waals surface area contributed by atoms with Gasteiger partial charge in [-0.2, -0.15) is 15.5 Å². The van der Waals surface area contributed by atoms with Crippen molar-refractivity contribution in [3.63, 3.8) is 0 Å². The summed E-state index contributed by atoms with van der Waals surface area (Å²) in [4.78, 5) is 23.4. The van der Waals surface area contributed by atoms with Crippen molar-refractivity contribution in [3.8, 4) is 6.07 Å². The second-order valence-corrected chi connectivity index (χ2v) is 4.63. The van der Waals surface area contributed by atoms with Crippen LogP contribution in [0.5, 0.6) is 0 Å². The number of aromatic amines is 1. The SMILES string of the molecule is Cc1cc(C)n(CCNC(=O)C(=O)Nc2[nH]ncc2C#N)n1. The lowest BCUT2D eigenvalue weighted by Crippen LogP contribution is -2.37. The lowest BCUT2D eigenvalue weighted by atomic mass is 10.3. The average molecular weight is 301 g/mol. The van der Waals surface area contributed by atoms with Crippen LogP contribution in [0.1, 0.15) is 17.0 Å². The van der Waals surface area contributed by atoms with Gasteiger partial charge in [0.2, 0.25) is 0 Å². The zero-order valence-electron chi connectivity index (χ0n) is 12.2. The van der Waals surface area contributed by atoms with E-state index in [-0.39, 0.29) is 17.9 Å². The van der Waals surface area contributed by atoms with Crippen LogP contribution in [0.4, 0.5) is 5.82 Å².